The van der Waals surface area contributed by atoms with E-state index >= 15 is 0 Å². The zero-order valence-electron chi connectivity index (χ0n) is 12.2. The van der Waals surface area contributed by atoms with Crippen LogP contribution in [-0.2, 0) is 0 Å². The van der Waals surface area contributed by atoms with Crippen molar-refractivity contribution in [3.05, 3.63) is 53.3 Å². The van der Waals surface area contributed by atoms with E-state index in [-0.39, 0.29) is 0 Å². The number of fused-ring (bicyclic) bond motifs is 1. The van der Waals surface area contributed by atoms with E-state index in [2.05, 4.69) is 11.1 Å². The number of hydrogen-bond donors (Lipinski definition) is 0. The van der Waals surface area contributed by atoms with Crippen molar-refractivity contribution in [3.8, 4) is 23.1 Å². The summed E-state index contributed by atoms with van der Waals surface area (Å²) in [6.45, 7) is 1.80. The number of ether oxygens (including phenoxy) is 1. The van der Waals surface area contributed by atoms with Crippen LogP contribution in [0.2, 0.25) is 0 Å². The van der Waals surface area contributed by atoms with Crippen molar-refractivity contribution in [2.24, 2.45) is 0 Å². The van der Waals surface area contributed by atoms with Gasteiger partial charge in [0.1, 0.15) is 28.9 Å². The SMILES string of the molecule is COc1cccc(-c2nc3ccc(C#N)c(C)n3c2C=O)c1. The van der Waals surface area contributed by atoms with E-state index in [1.165, 1.54) is 0 Å². The number of methoxy groups -OCH3 is 1. The van der Waals surface area contributed by atoms with Crippen LogP contribution in [0.4, 0.5) is 0 Å². The van der Waals surface area contributed by atoms with Crippen molar-refractivity contribution in [2.75, 3.05) is 7.11 Å². The molecule has 0 N–H and O–H groups in total. The van der Waals surface area contributed by atoms with Crippen LogP contribution >= 0.6 is 0 Å². The number of aldehydes is 1. The summed E-state index contributed by atoms with van der Waals surface area (Å²) in [7, 11) is 1.59. The van der Waals surface area contributed by atoms with Gasteiger partial charge in [-0.15, -0.1) is 0 Å². The lowest BCUT2D eigenvalue weighted by Crippen LogP contribution is -1.99. The fourth-order valence-corrected chi connectivity index (χ4v) is 2.52. The third kappa shape index (κ3) is 2.02. The Hall–Kier alpha value is -3.13. The molecule has 2 aromatic heterocycles. The quantitative estimate of drug-likeness (QED) is 0.696. The highest BCUT2D eigenvalue weighted by Crippen LogP contribution is 2.27. The summed E-state index contributed by atoms with van der Waals surface area (Å²) in [6, 6.07) is 13.0. The van der Waals surface area contributed by atoms with Gasteiger partial charge in [-0.1, -0.05) is 12.1 Å². The first-order valence-electron chi connectivity index (χ1n) is 6.71. The van der Waals surface area contributed by atoms with Crippen LogP contribution in [0.1, 0.15) is 21.7 Å². The number of nitriles is 1. The molecule has 22 heavy (non-hydrogen) atoms. The molecule has 0 unspecified atom stereocenters. The van der Waals surface area contributed by atoms with Crippen LogP contribution in [0, 0.1) is 18.3 Å². The molecule has 0 bridgehead atoms. The van der Waals surface area contributed by atoms with Crippen molar-refractivity contribution in [3.63, 3.8) is 0 Å². The third-order valence-electron chi connectivity index (χ3n) is 3.64. The molecule has 3 aromatic rings. The lowest BCUT2D eigenvalue weighted by Gasteiger charge is -2.04. The van der Waals surface area contributed by atoms with E-state index in [1.807, 2.05) is 24.3 Å². The van der Waals surface area contributed by atoms with Gasteiger partial charge in [-0.3, -0.25) is 9.20 Å². The summed E-state index contributed by atoms with van der Waals surface area (Å²) in [4.78, 5) is 16.1. The summed E-state index contributed by atoms with van der Waals surface area (Å²) in [5.74, 6) is 0.695. The Morgan fingerprint density at radius 2 is 2.14 bits per heavy atom. The van der Waals surface area contributed by atoms with E-state index in [1.54, 1.807) is 30.6 Å². The van der Waals surface area contributed by atoms with Crippen molar-refractivity contribution in [2.45, 2.75) is 6.92 Å². The minimum Gasteiger partial charge on any atom is -0.497 e. The van der Waals surface area contributed by atoms with Crippen LogP contribution < -0.4 is 4.74 Å². The molecule has 0 saturated heterocycles. The number of pyridine rings is 1. The average Bonchev–Trinajstić information content (AvgIpc) is 2.94. The summed E-state index contributed by atoms with van der Waals surface area (Å²) < 4.78 is 6.93. The maximum Gasteiger partial charge on any atom is 0.169 e. The number of imidazole rings is 1. The van der Waals surface area contributed by atoms with Crippen LogP contribution in [0.25, 0.3) is 16.9 Å². The number of rotatable bonds is 3. The van der Waals surface area contributed by atoms with Gasteiger partial charge >= 0.3 is 0 Å². The summed E-state index contributed by atoms with van der Waals surface area (Å²) in [5.41, 5.74) is 3.65. The molecule has 1 aromatic carbocycles. The first-order valence-corrected chi connectivity index (χ1v) is 6.71. The monoisotopic (exact) mass is 291 g/mol. The lowest BCUT2D eigenvalue weighted by atomic mass is 10.1. The number of carbonyl (C=O) groups is 1. The highest BCUT2D eigenvalue weighted by Gasteiger charge is 2.16. The molecular formula is C17H13N3O2. The molecular weight excluding hydrogens is 278 g/mol. The normalized spacial score (nSPS) is 10.4. The number of nitrogens with zero attached hydrogens (tertiary/aromatic N) is 3. The van der Waals surface area contributed by atoms with E-state index in [9.17, 15) is 4.79 Å². The molecule has 5 heteroatoms. The van der Waals surface area contributed by atoms with Gasteiger partial charge in [-0.05, 0) is 31.2 Å². The first kappa shape index (κ1) is 13.8. The summed E-state index contributed by atoms with van der Waals surface area (Å²) >= 11 is 0. The van der Waals surface area contributed by atoms with E-state index < -0.39 is 0 Å². The summed E-state index contributed by atoms with van der Waals surface area (Å²) in [6.07, 6.45) is 0.767. The predicted molar refractivity (Wildman–Crippen MR) is 82.0 cm³/mol. The van der Waals surface area contributed by atoms with E-state index in [0.29, 0.717) is 34.0 Å². The Kier molecular flexibility index (Phi) is 3.36. The Bertz CT molecular complexity index is 920. The average molecular weight is 291 g/mol. The molecule has 0 atom stereocenters. The number of hydrogen-bond acceptors (Lipinski definition) is 4. The van der Waals surface area contributed by atoms with Gasteiger partial charge in [-0.25, -0.2) is 4.98 Å². The zero-order chi connectivity index (χ0) is 15.7. The Morgan fingerprint density at radius 3 is 2.82 bits per heavy atom. The molecule has 0 fully saturated rings. The number of carbonyl (C=O) groups excluding carboxylic acids is 1. The molecule has 2 heterocycles. The highest BCUT2D eigenvalue weighted by atomic mass is 16.5. The molecule has 0 radical (unpaired) electrons. The van der Waals surface area contributed by atoms with Gasteiger partial charge in [0.15, 0.2) is 6.29 Å². The van der Waals surface area contributed by atoms with Gasteiger partial charge < -0.3 is 4.74 Å². The number of aromatic nitrogens is 2. The van der Waals surface area contributed by atoms with Crippen molar-refractivity contribution < 1.29 is 9.53 Å². The molecule has 0 spiro atoms. The smallest absolute Gasteiger partial charge is 0.169 e. The second-order valence-electron chi connectivity index (χ2n) is 4.83. The van der Waals surface area contributed by atoms with Crippen LogP contribution in [0.15, 0.2) is 36.4 Å². The summed E-state index contributed by atoms with van der Waals surface area (Å²) in [5, 5.41) is 9.15. The van der Waals surface area contributed by atoms with E-state index in [4.69, 9.17) is 10.00 Å². The van der Waals surface area contributed by atoms with Gasteiger partial charge in [0, 0.05) is 11.3 Å². The Morgan fingerprint density at radius 1 is 1.32 bits per heavy atom. The van der Waals surface area contributed by atoms with Gasteiger partial charge in [0.2, 0.25) is 0 Å². The second kappa shape index (κ2) is 5.34. The largest absolute Gasteiger partial charge is 0.497 e. The second-order valence-corrected chi connectivity index (χ2v) is 4.83. The van der Waals surface area contributed by atoms with Crippen LogP contribution in [-0.4, -0.2) is 22.8 Å². The molecule has 0 aliphatic rings. The van der Waals surface area contributed by atoms with Gasteiger partial charge in [-0.2, -0.15) is 5.26 Å². The lowest BCUT2D eigenvalue weighted by molar-refractivity contribution is 0.111. The standard InChI is InChI=1S/C17H13N3O2/c1-11-13(9-18)6-7-16-19-17(15(10-21)20(11)16)12-4-3-5-14(8-12)22-2/h3-8,10H,1-2H3. The molecule has 0 saturated carbocycles. The fraction of sp³-hybridized carbons (Fsp3) is 0.118. The minimum atomic E-state index is 0.429. The maximum absolute atomic E-state index is 11.6. The Balaban J connectivity index is 2.33. The van der Waals surface area contributed by atoms with Gasteiger partial charge in [0.25, 0.3) is 0 Å². The fourth-order valence-electron chi connectivity index (χ4n) is 2.52. The molecule has 0 amide bonds. The van der Waals surface area contributed by atoms with Crippen molar-refractivity contribution in [1.29, 1.82) is 5.26 Å². The van der Waals surface area contributed by atoms with Crippen LogP contribution in [0.5, 0.6) is 5.75 Å². The van der Waals surface area contributed by atoms with Crippen molar-refractivity contribution >= 4 is 11.9 Å². The first-order chi connectivity index (χ1) is 10.7. The topological polar surface area (TPSA) is 67.4 Å². The molecule has 0 aliphatic heterocycles. The van der Waals surface area contributed by atoms with Gasteiger partial charge in [0.05, 0.1) is 12.7 Å². The third-order valence-corrected chi connectivity index (χ3v) is 3.64. The number of aryl methyl sites for hydroxylation is 1. The molecule has 5 nitrogen and oxygen atoms in total. The Labute approximate surface area is 127 Å². The van der Waals surface area contributed by atoms with Crippen LogP contribution in [0.3, 0.4) is 0 Å². The van der Waals surface area contributed by atoms with Crippen molar-refractivity contribution in [1.82, 2.24) is 9.38 Å². The predicted octanol–water partition coefficient (Wildman–Crippen LogP) is 3.00. The maximum atomic E-state index is 11.6. The minimum absolute atomic E-state index is 0.429. The molecule has 108 valence electrons. The van der Waals surface area contributed by atoms with E-state index in [0.717, 1.165) is 11.8 Å². The highest BCUT2D eigenvalue weighted by molar-refractivity contribution is 5.86. The molecule has 0 aliphatic carbocycles. The number of benzene rings is 1. The molecule has 3 rings (SSSR count). The zero-order valence-corrected chi connectivity index (χ0v) is 12.2.